The summed E-state index contributed by atoms with van der Waals surface area (Å²) in [6.45, 7) is -0.292. The fourth-order valence-electron chi connectivity index (χ4n) is 3.35. The van der Waals surface area contributed by atoms with Gasteiger partial charge in [-0.1, -0.05) is 36.4 Å². The average Bonchev–Trinajstić information content (AvgIpc) is 3.35. The van der Waals surface area contributed by atoms with Crippen LogP contribution in [0.3, 0.4) is 0 Å². The van der Waals surface area contributed by atoms with E-state index in [1.165, 1.54) is 6.08 Å². The molecule has 1 saturated carbocycles. The maximum atomic E-state index is 12.1. The molecule has 2 aromatic carbocycles. The van der Waals surface area contributed by atoms with Gasteiger partial charge in [0, 0.05) is 29.3 Å². The van der Waals surface area contributed by atoms with Crippen molar-refractivity contribution in [2.75, 3.05) is 6.61 Å². The molecule has 1 aliphatic rings. The molecule has 1 amide bonds. The molecule has 0 spiro atoms. The van der Waals surface area contributed by atoms with Crippen LogP contribution < -0.4 is 5.32 Å². The first kappa shape index (κ1) is 19.8. The maximum absolute atomic E-state index is 12.1. The van der Waals surface area contributed by atoms with Gasteiger partial charge in [-0.15, -0.1) is 0 Å². The Morgan fingerprint density at radius 2 is 1.91 bits per heavy atom. The number of para-hydroxylation sites is 2. The Morgan fingerprint density at radius 3 is 2.69 bits per heavy atom. The fourth-order valence-corrected chi connectivity index (χ4v) is 3.35. The molecule has 0 atom stereocenters. The second-order valence-corrected chi connectivity index (χ2v) is 7.64. The molecule has 7 heteroatoms. The summed E-state index contributed by atoms with van der Waals surface area (Å²) >= 11 is 0. The molecule has 1 N–H and O–H groups in total. The Balaban J connectivity index is 1.40. The molecule has 0 radical (unpaired) electrons. The lowest BCUT2D eigenvalue weighted by Crippen LogP contribution is -2.30. The fraction of sp³-hybridized carbons (Fsp3) is 0.160. The van der Waals surface area contributed by atoms with Gasteiger partial charge in [0.1, 0.15) is 11.3 Å². The van der Waals surface area contributed by atoms with E-state index in [2.05, 4.69) is 5.32 Å². The minimum Gasteiger partial charge on any atom is -0.454 e. The molecule has 0 saturated heterocycles. The molecule has 5 rings (SSSR count). The third-order valence-electron chi connectivity index (χ3n) is 5.11. The van der Waals surface area contributed by atoms with Crippen molar-refractivity contribution in [3.8, 4) is 17.1 Å². The van der Waals surface area contributed by atoms with Crippen molar-refractivity contribution in [2.24, 2.45) is 0 Å². The second kappa shape index (κ2) is 8.55. The van der Waals surface area contributed by atoms with Gasteiger partial charge in [-0.3, -0.25) is 4.79 Å². The third kappa shape index (κ3) is 4.46. The molecule has 1 fully saturated rings. The molecule has 7 nitrogen and oxygen atoms in total. The number of furan rings is 1. The highest BCUT2D eigenvalue weighted by Gasteiger charge is 2.23. The van der Waals surface area contributed by atoms with Crippen LogP contribution in [-0.4, -0.2) is 34.3 Å². The van der Waals surface area contributed by atoms with E-state index in [-0.39, 0.29) is 18.6 Å². The minimum absolute atomic E-state index is 0.229. The number of carbonyl (C=O) groups excluding carboxylic acids is 2. The third-order valence-corrected chi connectivity index (χ3v) is 5.11. The molecule has 0 unspecified atom stereocenters. The summed E-state index contributed by atoms with van der Waals surface area (Å²) in [5.74, 6) is -0.286. The van der Waals surface area contributed by atoms with Crippen LogP contribution in [0.15, 0.2) is 77.4 Å². The molecule has 2 heterocycles. The number of amides is 1. The van der Waals surface area contributed by atoms with Crippen LogP contribution in [0, 0.1) is 0 Å². The molecular formula is C25H21N3O4. The average molecular weight is 427 g/mol. The van der Waals surface area contributed by atoms with Gasteiger partial charge in [-0.2, -0.15) is 5.10 Å². The molecule has 32 heavy (non-hydrogen) atoms. The van der Waals surface area contributed by atoms with Gasteiger partial charge in [0.25, 0.3) is 5.91 Å². The highest BCUT2D eigenvalue weighted by molar-refractivity contribution is 5.91. The van der Waals surface area contributed by atoms with Crippen molar-refractivity contribution >= 4 is 28.9 Å². The summed E-state index contributed by atoms with van der Waals surface area (Å²) in [6.07, 6.45) is 6.70. The number of carbonyl (C=O) groups is 2. The summed E-state index contributed by atoms with van der Waals surface area (Å²) < 4.78 is 12.8. The normalized spacial score (nSPS) is 13.5. The highest BCUT2D eigenvalue weighted by Crippen LogP contribution is 2.30. The number of ether oxygens (including phenoxy) is 1. The quantitative estimate of drug-likeness (QED) is 0.354. The largest absolute Gasteiger partial charge is 0.454 e. The van der Waals surface area contributed by atoms with Gasteiger partial charge in [0.2, 0.25) is 0 Å². The number of fused-ring (bicyclic) bond motifs is 1. The number of hydrogen-bond acceptors (Lipinski definition) is 5. The van der Waals surface area contributed by atoms with Crippen LogP contribution in [0.2, 0.25) is 0 Å². The number of hydrogen-bond donors (Lipinski definition) is 1. The number of rotatable bonds is 7. The van der Waals surface area contributed by atoms with Crippen LogP contribution in [0.4, 0.5) is 0 Å². The Morgan fingerprint density at radius 1 is 1.12 bits per heavy atom. The molecule has 0 bridgehead atoms. The number of nitrogens with zero attached hydrogens (tertiary/aromatic N) is 2. The summed E-state index contributed by atoms with van der Waals surface area (Å²) in [5, 5.41) is 8.44. The smallest absolute Gasteiger partial charge is 0.331 e. The lowest BCUT2D eigenvalue weighted by atomic mass is 10.2. The first-order chi connectivity index (χ1) is 15.7. The molecule has 2 aromatic heterocycles. The van der Waals surface area contributed by atoms with Crippen LogP contribution in [0.1, 0.15) is 18.4 Å². The topological polar surface area (TPSA) is 86.4 Å². The summed E-state index contributed by atoms with van der Waals surface area (Å²) in [5.41, 5.74) is 2.92. The number of benzene rings is 2. The van der Waals surface area contributed by atoms with Crippen molar-refractivity contribution in [1.29, 1.82) is 0 Å². The van der Waals surface area contributed by atoms with Gasteiger partial charge in [0.15, 0.2) is 12.4 Å². The van der Waals surface area contributed by atoms with E-state index in [0.717, 1.165) is 29.5 Å². The first-order valence-corrected chi connectivity index (χ1v) is 10.4. The Kier molecular flexibility index (Phi) is 5.29. The van der Waals surface area contributed by atoms with Crippen molar-refractivity contribution < 1.29 is 18.7 Å². The van der Waals surface area contributed by atoms with Gasteiger partial charge >= 0.3 is 5.97 Å². The monoisotopic (exact) mass is 427 g/mol. The van der Waals surface area contributed by atoms with Gasteiger partial charge in [-0.05, 0) is 43.2 Å². The van der Waals surface area contributed by atoms with E-state index in [1.54, 1.807) is 10.8 Å². The van der Waals surface area contributed by atoms with E-state index in [0.29, 0.717) is 17.0 Å². The molecular weight excluding hydrogens is 406 g/mol. The van der Waals surface area contributed by atoms with E-state index in [9.17, 15) is 9.59 Å². The minimum atomic E-state index is -0.598. The molecule has 4 aromatic rings. The zero-order valence-corrected chi connectivity index (χ0v) is 17.2. The van der Waals surface area contributed by atoms with Gasteiger partial charge < -0.3 is 14.5 Å². The molecule has 160 valence electrons. The predicted molar refractivity (Wildman–Crippen MR) is 120 cm³/mol. The number of nitrogens with one attached hydrogen (secondary N) is 1. The SMILES string of the molecule is O=C(COC(=O)/C=C/c1cn(-c2ccccc2)nc1-c1cc2ccccc2o1)NC1CC1. The van der Waals surface area contributed by atoms with Crippen molar-refractivity contribution in [3.05, 3.63) is 78.5 Å². The van der Waals surface area contributed by atoms with E-state index in [4.69, 9.17) is 14.3 Å². The number of aromatic nitrogens is 2. The predicted octanol–water partition coefficient (Wildman–Crippen LogP) is 4.12. The Labute approximate surface area is 184 Å². The van der Waals surface area contributed by atoms with Gasteiger partial charge in [0.05, 0.1) is 5.69 Å². The summed E-state index contributed by atoms with van der Waals surface area (Å²) in [4.78, 5) is 23.9. The van der Waals surface area contributed by atoms with E-state index >= 15 is 0 Å². The van der Waals surface area contributed by atoms with Crippen LogP contribution in [-0.2, 0) is 14.3 Å². The Hall–Kier alpha value is -4.13. The lowest BCUT2D eigenvalue weighted by molar-refractivity contribution is -0.143. The second-order valence-electron chi connectivity index (χ2n) is 7.64. The van der Waals surface area contributed by atoms with E-state index in [1.807, 2.05) is 66.9 Å². The Bertz CT molecular complexity index is 1270. The van der Waals surface area contributed by atoms with Crippen molar-refractivity contribution in [2.45, 2.75) is 18.9 Å². The summed E-state index contributed by atoms with van der Waals surface area (Å²) in [6, 6.07) is 19.5. The summed E-state index contributed by atoms with van der Waals surface area (Å²) in [7, 11) is 0. The van der Waals surface area contributed by atoms with Crippen molar-refractivity contribution in [1.82, 2.24) is 15.1 Å². The molecule has 1 aliphatic carbocycles. The van der Waals surface area contributed by atoms with Crippen molar-refractivity contribution in [3.63, 3.8) is 0 Å². The zero-order chi connectivity index (χ0) is 21.9. The zero-order valence-electron chi connectivity index (χ0n) is 17.2. The maximum Gasteiger partial charge on any atom is 0.331 e. The van der Waals surface area contributed by atoms with Crippen LogP contribution >= 0.6 is 0 Å². The first-order valence-electron chi connectivity index (χ1n) is 10.4. The number of esters is 1. The molecule has 0 aliphatic heterocycles. The van der Waals surface area contributed by atoms with E-state index < -0.39 is 5.97 Å². The van der Waals surface area contributed by atoms with Gasteiger partial charge in [-0.25, -0.2) is 9.48 Å². The van der Waals surface area contributed by atoms with Crippen LogP contribution in [0.25, 0.3) is 34.2 Å². The lowest BCUT2D eigenvalue weighted by Gasteiger charge is -2.02. The highest BCUT2D eigenvalue weighted by atomic mass is 16.5. The standard InChI is InChI=1S/C25H21N3O4/c29-23(26-19-11-12-19)16-31-24(30)13-10-18-15-28(20-7-2-1-3-8-20)27-25(18)22-14-17-6-4-5-9-21(17)32-22/h1-10,13-15,19H,11-12,16H2,(H,26,29)/b13-10+. The van der Waals surface area contributed by atoms with Crippen LogP contribution in [0.5, 0.6) is 0 Å².